The number of halogens is 3. The Balaban J connectivity index is 2.05. The van der Waals surface area contributed by atoms with Crippen LogP contribution in [0.5, 0.6) is 5.75 Å². The summed E-state index contributed by atoms with van der Waals surface area (Å²) >= 11 is 1.67. The van der Waals surface area contributed by atoms with Gasteiger partial charge in [0.2, 0.25) is 5.95 Å². The largest absolute Gasteiger partial charge is 0.489 e. The molecule has 9 heteroatoms. The molecule has 142 valence electrons. The van der Waals surface area contributed by atoms with Gasteiger partial charge in [-0.15, -0.1) is 0 Å². The van der Waals surface area contributed by atoms with E-state index in [0.29, 0.717) is 36.1 Å². The van der Waals surface area contributed by atoms with Crippen molar-refractivity contribution in [1.82, 2.24) is 9.97 Å². The number of hydrogen-bond acceptors (Lipinski definition) is 6. The summed E-state index contributed by atoms with van der Waals surface area (Å²) in [6.07, 6.45) is 0.675. The van der Waals surface area contributed by atoms with Gasteiger partial charge >= 0.3 is 6.18 Å². The molecule has 0 aliphatic carbocycles. The molecule has 26 heavy (non-hydrogen) atoms. The lowest BCUT2D eigenvalue weighted by Gasteiger charge is -2.15. The van der Waals surface area contributed by atoms with Crippen molar-refractivity contribution >= 4 is 23.4 Å². The SMILES string of the molecule is CCNc1ccc(C(F)(F)F)cc1CNc1ncc(OCCSC)cn1. The van der Waals surface area contributed by atoms with Crippen LogP contribution in [0.2, 0.25) is 0 Å². The van der Waals surface area contributed by atoms with Gasteiger partial charge in [-0.05, 0) is 36.9 Å². The van der Waals surface area contributed by atoms with E-state index in [-0.39, 0.29) is 6.54 Å². The number of nitrogens with one attached hydrogen (secondary N) is 2. The minimum atomic E-state index is -4.38. The van der Waals surface area contributed by atoms with Gasteiger partial charge < -0.3 is 15.4 Å². The minimum Gasteiger partial charge on any atom is -0.489 e. The number of thioether (sulfide) groups is 1. The molecular formula is C17H21F3N4OS. The summed E-state index contributed by atoms with van der Waals surface area (Å²) in [5.41, 5.74) is 0.449. The van der Waals surface area contributed by atoms with Crippen LogP contribution in [0.1, 0.15) is 18.1 Å². The molecule has 1 aromatic carbocycles. The molecule has 1 heterocycles. The molecule has 2 aromatic rings. The van der Waals surface area contributed by atoms with Gasteiger partial charge in [0.05, 0.1) is 24.6 Å². The lowest BCUT2D eigenvalue weighted by Crippen LogP contribution is -2.11. The summed E-state index contributed by atoms with van der Waals surface area (Å²) in [6, 6.07) is 3.64. The summed E-state index contributed by atoms with van der Waals surface area (Å²) in [5, 5.41) is 6.00. The fourth-order valence-corrected chi connectivity index (χ4v) is 2.43. The molecule has 0 radical (unpaired) electrons. The van der Waals surface area contributed by atoms with E-state index in [1.807, 2.05) is 13.2 Å². The van der Waals surface area contributed by atoms with Crippen molar-refractivity contribution in [1.29, 1.82) is 0 Å². The third-order valence-electron chi connectivity index (χ3n) is 3.42. The van der Waals surface area contributed by atoms with Crippen LogP contribution in [0.3, 0.4) is 0 Å². The van der Waals surface area contributed by atoms with Gasteiger partial charge in [0.25, 0.3) is 0 Å². The van der Waals surface area contributed by atoms with Gasteiger partial charge in [0, 0.05) is 24.5 Å². The van der Waals surface area contributed by atoms with Gasteiger partial charge in [0.15, 0.2) is 5.75 Å². The van der Waals surface area contributed by atoms with Crippen LogP contribution >= 0.6 is 11.8 Å². The Labute approximate surface area is 154 Å². The van der Waals surface area contributed by atoms with E-state index in [0.717, 1.165) is 17.9 Å². The third-order valence-corrected chi connectivity index (χ3v) is 4.00. The van der Waals surface area contributed by atoms with Crippen LogP contribution in [0.4, 0.5) is 24.8 Å². The number of anilines is 2. The second-order valence-corrected chi connectivity index (χ2v) is 6.32. The normalized spacial score (nSPS) is 11.3. The van der Waals surface area contributed by atoms with Gasteiger partial charge in [-0.2, -0.15) is 24.9 Å². The predicted octanol–water partition coefficient (Wildman–Crippen LogP) is 4.28. The van der Waals surface area contributed by atoms with Crippen molar-refractivity contribution in [2.24, 2.45) is 0 Å². The number of nitrogens with zero attached hydrogens (tertiary/aromatic N) is 2. The molecule has 0 saturated carbocycles. The first-order valence-electron chi connectivity index (χ1n) is 8.05. The molecule has 0 bridgehead atoms. The fraction of sp³-hybridized carbons (Fsp3) is 0.412. The van der Waals surface area contributed by atoms with Gasteiger partial charge in [0.1, 0.15) is 0 Å². The van der Waals surface area contributed by atoms with Crippen LogP contribution in [-0.4, -0.2) is 35.1 Å². The monoisotopic (exact) mass is 386 g/mol. The second-order valence-electron chi connectivity index (χ2n) is 5.34. The van der Waals surface area contributed by atoms with Crippen LogP contribution in [0, 0.1) is 0 Å². The molecule has 0 aliphatic heterocycles. The molecule has 0 spiro atoms. The summed E-state index contributed by atoms with van der Waals surface area (Å²) in [6.45, 7) is 3.22. The molecule has 1 aromatic heterocycles. The molecule has 0 aliphatic rings. The van der Waals surface area contributed by atoms with E-state index in [2.05, 4.69) is 20.6 Å². The average Bonchev–Trinajstić information content (AvgIpc) is 2.61. The number of benzene rings is 1. The molecule has 0 atom stereocenters. The van der Waals surface area contributed by atoms with Crippen molar-refractivity contribution < 1.29 is 17.9 Å². The van der Waals surface area contributed by atoms with Crippen molar-refractivity contribution in [3.63, 3.8) is 0 Å². The Morgan fingerprint density at radius 1 is 1.15 bits per heavy atom. The maximum atomic E-state index is 12.9. The van der Waals surface area contributed by atoms with Crippen molar-refractivity contribution in [3.8, 4) is 5.75 Å². The van der Waals surface area contributed by atoms with Crippen LogP contribution in [-0.2, 0) is 12.7 Å². The summed E-state index contributed by atoms with van der Waals surface area (Å²) in [7, 11) is 0. The zero-order valence-corrected chi connectivity index (χ0v) is 15.4. The highest BCUT2D eigenvalue weighted by molar-refractivity contribution is 7.98. The highest BCUT2D eigenvalue weighted by atomic mass is 32.2. The van der Waals surface area contributed by atoms with Crippen molar-refractivity contribution in [2.45, 2.75) is 19.6 Å². The quantitative estimate of drug-likeness (QED) is 0.628. The zero-order valence-electron chi connectivity index (χ0n) is 14.6. The molecule has 5 nitrogen and oxygen atoms in total. The maximum Gasteiger partial charge on any atom is 0.416 e. The Bertz CT molecular complexity index is 695. The number of ether oxygens (including phenoxy) is 1. The average molecular weight is 386 g/mol. The molecule has 0 unspecified atom stereocenters. The van der Waals surface area contributed by atoms with E-state index < -0.39 is 11.7 Å². The molecule has 0 amide bonds. The van der Waals surface area contributed by atoms with Gasteiger partial charge in [-0.25, -0.2) is 9.97 Å². The van der Waals surface area contributed by atoms with Crippen molar-refractivity contribution in [3.05, 3.63) is 41.7 Å². The standard InChI is InChI=1S/C17H21F3N4OS/c1-3-21-15-5-4-13(17(18,19)20)8-12(15)9-22-16-23-10-14(11-24-16)25-6-7-26-2/h4-5,8,10-11,21H,3,6-7,9H2,1-2H3,(H,22,23,24). The zero-order chi connectivity index (χ0) is 19.0. The van der Waals surface area contributed by atoms with E-state index in [4.69, 9.17) is 4.74 Å². The number of rotatable bonds is 9. The highest BCUT2D eigenvalue weighted by Crippen LogP contribution is 2.32. The Morgan fingerprint density at radius 3 is 2.50 bits per heavy atom. The second kappa shape index (κ2) is 9.51. The van der Waals surface area contributed by atoms with Gasteiger partial charge in [-0.1, -0.05) is 0 Å². The topological polar surface area (TPSA) is 59.1 Å². The number of aromatic nitrogens is 2. The molecule has 0 saturated heterocycles. The lowest BCUT2D eigenvalue weighted by atomic mass is 10.1. The summed E-state index contributed by atoms with van der Waals surface area (Å²) in [5.74, 6) is 1.74. The van der Waals surface area contributed by atoms with Crippen LogP contribution in [0.25, 0.3) is 0 Å². The molecule has 2 rings (SSSR count). The lowest BCUT2D eigenvalue weighted by molar-refractivity contribution is -0.137. The first-order chi connectivity index (χ1) is 12.4. The summed E-state index contributed by atoms with van der Waals surface area (Å²) < 4.78 is 44.3. The Hall–Kier alpha value is -2.16. The van der Waals surface area contributed by atoms with E-state index in [1.54, 1.807) is 11.8 Å². The molecular weight excluding hydrogens is 365 g/mol. The molecule has 2 N–H and O–H groups in total. The van der Waals surface area contributed by atoms with E-state index >= 15 is 0 Å². The predicted molar refractivity (Wildman–Crippen MR) is 98.8 cm³/mol. The maximum absolute atomic E-state index is 12.9. The van der Waals surface area contributed by atoms with E-state index in [9.17, 15) is 13.2 Å². The van der Waals surface area contributed by atoms with Crippen LogP contribution < -0.4 is 15.4 Å². The molecule has 0 fully saturated rings. The first-order valence-corrected chi connectivity index (χ1v) is 9.45. The Kier molecular flexibility index (Phi) is 7.38. The Morgan fingerprint density at radius 2 is 1.88 bits per heavy atom. The highest BCUT2D eigenvalue weighted by Gasteiger charge is 2.30. The van der Waals surface area contributed by atoms with Gasteiger partial charge in [-0.3, -0.25) is 0 Å². The van der Waals surface area contributed by atoms with Crippen LogP contribution in [0.15, 0.2) is 30.6 Å². The third kappa shape index (κ3) is 5.98. The number of hydrogen-bond donors (Lipinski definition) is 2. The minimum absolute atomic E-state index is 0.166. The summed E-state index contributed by atoms with van der Waals surface area (Å²) in [4.78, 5) is 8.25. The number of alkyl halides is 3. The van der Waals surface area contributed by atoms with E-state index in [1.165, 1.54) is 18.5 Å². The van der Waals surface area contributed by atoms with Crippen molar-refractivity contribution in [2.75, 3.05) is 35.8 Å². The fourth-order valence-electron chi connectivity index (χ4n) is 2.18. The smallest absolute Gasteiger partial charge is 0.416 e. The first kappa shape index (κ1) is 20.2.